The molecule has 1 aliphatic heterocycles. The Morgan fingerprint density at radius 1 is 1.24 bits per heavy atom. The molecular weight excluding hydrogens is 318 g/mol. The average Bonchev–Trinajstić information content (AvgIpc) is 2.98. The van der Waals surface area contributed by atoms with Gasteiger partial charge in [0.1, 0.15) is 5.69 Å². The monoisotopic (exact) mass is 345 g/mol. The summed E-state index contributed by atoms with van der Waals surface area (Å²) in [5.41, 5.74) is 1.29. The second-order valence-corrected chi connectivity index (χ2v) is 7.87. The maximum absolute atomic E-state index is 12.6. The van der Waals surface area contributed by atoms with Gasteiger partial charge in [0.2, 0.25) is 5.91 Å². The zero-order valence-corrected chi connectivity index (χ0v) is 15.2. The van der Waals surface area contributed by atoms with Crippen molar-refractivity contribution in [2.24, 2.45) is 5.41 Å². The summed E-state index contributed by atoms with van der Waals surface area (Å²) in [5.74, 6) is 0.0788. The lowest BCUT2D eigenvalue weighted by Crippen LogP contribution is -2.52. The minimum absolute atomic E-state index is 0.0788. The summed E-state index contributed by atoms with van der Waals surface area (Å²) in [6.45, 7) is 9.73. The molecular formula is C19H27N3O3. The van der Waals surface area contributed by atoms with Gasteiger partial charge in [0, 0.05) is 38.1 Å². The van der Waals surface area contributed by atoms with Gasteiger partial charge in [-0.1, -0.05) is 38.1 Å². The molecule has 1 aliphatic rings. The lowest BCUT2D eigenvalue weighted by molar-refractivity contribution is -0.132. The molecule has 0 saturated carbocycles. The van der Waals surface area contributed by atoms with Crippen molar-refractivity contribution in [3.8, 4) is 0 Å². The molecule has 0 bridgehead atoms. The van der Waals surface area contributed by atoms with Gasteiger partial charge in [-0.3, -0.25) is 9.69 Å². The standard InChI is InChI=1S/C19H27N3O3/c1-19(2,3)17(23)13-21-8-10-22(11-9-21)18(24)12-15-14-6-4-5-7-16(14)25-20-15/h4-7,17,23H,8-13H2,1-3H3/t17-/m1/s1. The van der Waals surface area contributed by atoms with Gasteiger partial charge in [0.25, 0.3) is 0 Å². The summed E-state index contributed by atoms with van der Waals surface area (Å²) in [6.07, 6.45) is -0.0991. The Bertz CT molecular complexity index is 727. The largest absolute Gasteiger partial charge is 0.391 e. The molecule has 2 heterocycles. The molecule has 0 radical (unpaired) electrons. The Kier molecular flexibility index (Phi) is 5.11. The summed E-state index contributed by atoms with van der Waals surface area (Å²) in [4.78, 5) is 16.7. The molecule has 136 valence electrons. The number of nitrogens with zero attached hydrogens (tertiary/aromatic N) is 3. The molecule has 1 amide bonds. The van der Waals surface area contributed by atoms with Crippen LogP contribution in [0.5, 0.6) is 0 Å². The smallest absolute Gasteiger partial charge is 0.228 e. The van der Waals surface area contributed by atoms with Gasteiger partial charge >= 0.3 is 0 Å². The maximum atomic E-state index is 12.6. The van der Waals surface area contributed by atoms with Crippen molar-refractivity contribution in [3.63, 3.8) is 0 Å². The molecule has 2 aromatic rings. The molecule has 0 spiro atoms. The highest BCUT2D eigenvalue weighted by molar-refractivity contribution is 5.86. The number of rotatable bonds is 4. The topological polar surface area (TPSA) is 69.8 Å². The number of aliphatic hydroxyl groups excluding tert-OH is 1. The van der Waals surface area contributed by atoms with E-state index in [4.69, 9.17) is 4.52 Å². The second-order valence-electron chi connectivity index (χ2n) is 7.87. The number of aliphatic hydroxyl groups is 1. The number of para-hydroxylation sites is 1. The molecule has 1 N–H and O–H groups in total. The number of piperazine rings is 1. The molecule has 6 heteroatoms. The van der Waals surface area contributed by atoms with Gasteiger partial charge in [-0.15, -0.1) is 0 Å². The van der Waals surface area contributed by atoms with Crippen molar-refractivity contribution in [3.05, 3.63) is 30.0 Å². The molecule has 25 heavy (non-hydrogen) atoms. The number of fused-ring (bicyclic) bond motifs is 1. The predicted octanol–water partition coefficient (Wildman–Crippen LogP) is 1.92. The second kappa shape index (κ2) is 7.14. The lowest BCUT2D eigenvalue weighted by atomic mass is 9.89. The summed E-state index contributed by atoms with van der Waals surface area (Å²) < 4.78 is 5.27. The highest BCUT2D eigenvalue weighted by Crippen LogP contribution is 2.21. The van der Waals surface area contributed by atoms with E-state index in [2.05, 4.69) is 10.1 Å². The highest BCUT2D eigenvalue weighted by Gasteiger charge is 2.28. The number of amides is 1. The van der Waals surface area contributed by atoms with E-state index >= 15 is 0 Å². The van der Waals surface area contributed by atoms with E-state index in [1.807, 2.05) is 49.9 Å². The Balaban J connectivity index is 1.53. The van der Waals surface area contributed by atoms with Crippen LogP contribution in [0.25, 0.3) is 11.0 Å². The average molecular weight is 345 g/mol. The summed E-state index contributed by atoms with van der Waals surface area (Å²) in [6, 6.07) is 7.60. The SMILES string of the molecule is CC(C)(C)[C@H](O)CN1CCN(C(=O)Cc2noc3ccccc23)CC1. The van der Waals surface area contributed by atoms with Crippen LogP contribution in [-0.4, -0.2) is 64.8 Å². The van der Waals surface area contributed by atoms with Crippen LogP contribution in [0.3, 0.4) is 0 Å². The molecule has 3 rings (SSSR count). The van der Waals surface area contributed by atoms with Crippen LogP contribution >= 0.6 is 0 Å². The van der Waals surface area contributed by atoms with Crippen LogP contribution in [0.2, 0.25) is 0 Å². The minimum Gasteiger partial charge on any atom is -0.391 e. The van der Waals surface area contributed by atoms with Crippen LogP contribution in [0.1, 0.15) is 26.5 Å². The quantitative estimate of drug-likeness (QED) is 0.917. The van der Waals surface area contributed by atoms with Gasteiger partial charge < -0.3 is 14.5 Å². The van der Waals surface area contributed by atoms with Gasteiger partial charge in [-0.05, 0) is 17.5 Å². The number of aromatic nitrogens is 1. The Morgan fingerprint density at radius 2 is 1.92 bits per heavy atom. The zero-order valence-electron chi connectivity index (χ0n) is 15.2. The fourth-order valence-corrected chi connectivity index (χ4v) is 3.02. The van der Waals surface area contributed by atoms with Gasteiger partial charge in [-0.25, -0.2) is 0 Å². The first-order chi connectivity index (χ1) is 11.8. The van der Waals surface area contributed by atoms with Crippen molar-refractivity contribution < 1.29 is 14.4 Å². The van der Waals surface area contributed by atoms with Gasteiger partial charge in [-0.2, -0.15) is 0 Å². The van der Waals surface area contributed by atoms with Gasteiger partial charge in [0.05, 0.1) is 12.5 Å². The van der Waals surface area contributed by atoms with Crippen molar-refractivity contribution in [1.82, 2.24) is 15.0 Å². The normalized spacial score (nSPS) is 17.8. The van der Waals surface area contributed by atoms with E-state index in [1.165, 1.54) is 0 Å². The molecule has 1 aromatic heterocycles. The first kappa shape index (κ1) is 17.9. The number of β-amino-alcohol motifs (C(OH)–C–C–N with tert-alkyl or cyclic N) is 1. The Labute approximate surface area is 148 Å². The van der Waals surface area contributed by atoms with E-state index in [9.17, 15) is 9.90 Å². The Morgan fingerprint density at radius 3 is 2.60 bits per heavy atom. The van der Waals surface area contributed by atoms with Crippen LogP contribution in [0.15, 0.2) is 28.8 Å². The van der Waals surface area contributed by atoms with Crippen molar-refractivity contribution in [2.75, 3.05) is 32.7 Å². The van der Waals surface area contributed by atoms with Crippen LogP contribution in [-0.2, 0) is 11.2 Å². The van der Waals surface area contributed by atoms with Crippen molar-refractivity contribution >= 4 is 16.9 Å². The maximum Gasteiger partial charge on any atom is 0.228 e. The third kappa shape index (κ3) is 4.19. The third-order valence-corrected chi connectivity index (χ3v) is 4.93. The van der Waals surface area contributed by atoms with Gasteiger partial charge in [0.15, 0.2) is 5.58 Å². The van der Waals surface area contributed by atoms with Crippen molar-refractivity contribution in [2.45, 2.75) is 33.3 Å². The molecule has 0 unspecified atom stereocenters. The third-order valence-electron chi connectivity index (χ3n) is 4.93. The van der Waals surface area contributed by atoms with Crippen LogP contribution in [0.4, 0.5) is 0 Å². The van der Waals surface area contributed by atoms with Crippen LogP contribution in [0, 0.1) is 5.41 Å². The number of carbonyl (C=O) groups is 1. The van der Waals surface area contributed by atoms with E-state index in [0.29, 0.717) is 30.9 Å². The summed E-state index contributed by atoms with van der Waals surface area (Å²) >= 11 is 0. The molecule has 1 saturated heterocycles. The minimum atomic E-state index is -0.365. The fraction of sp³-hybridized carbons (Fsp3) is 0.579. The lowest BCUT2D eigenvalue weighted by Gasteiger charge is -2.38. The summed E-state index contributed by atoms with van der Waals surface area (Å²) in [7, 11) is 0. The number of benzene rings is 1. The van der Waals surface area contributed by atoms with E-state index in [-0.39, 0.29) is 23.8 Å². The van der Waals surface area contributed by atoms with Crippen LogP contribution < -0.4 is 0 Å². The van der Waals surface area contributed by atoms with E-state index < -0.39 is 0 Å². The number of hydrogen-bond acceptors (Lipinski definition) is 5. The first-order valence-corrected chi connectivity index (χ1v) is 8.86. The molecule has 1 atom stereocenters. The van der Waals surface area contributed by atoms with E-state index in [0.717, 1.165) is 18.5 Å². The predicted molar refractivity (Wildman–Crippen MR) is 96.2 cm³/mol. The molecule has 1 fully saturated rings. The fourth-order valence-electron chi connectivity index (χ4n) is 3.02. The number of hydrogen-bond donors (Lipinski definition) is 1. The zero-order chi connectivity index (χ0) is 18.0. The summed E-state index contributed by atoms with van der Waals surface area (Å²) in [5, 5.41) is 15.2. The van der Waals surface area contributed by atoms with Crippen molar-refractivity contribution in [1.29, 1.82) is 0 Å². The molecule has 0 aliphatic carbocycles. The first-order valence-electron chi connectivity index (χ1n) is 8.86. The molecule has 6 nitrogen and oxygen atoms in total. The Hall–Kier alpha value is -1.92. The van der Waals surface area contributed by atoms with E-state index in [1.54, 1.807) is 0 Å². The number of carbonyl (C=O) groups excluding carboxylic acids is 1. The highest BCUT2D eigenvalue weighted by atomic mass is 16.5. The molecule has 1 aromatic carbocycles.